The topological polar surface area (TPSA) is 66.4 Å². The Hall–Kier alpha value is -1.32. The van der Waals surface area contributed by atoms with E-state index < -0.39 is 11.9 Å². The predicted octanol–water partition coefficient (Wildman–Crippen LogP) is 3.09. The van der Waals surface area contributed by atoms with Crippen molar-refractivity contribution >= 4 is 11.9 Å². The molecule has 0 radical (unpaired) electrons. The zero-order valence-corrected chi connectivity index (χ0v) is 15.3. The highest BCUT2D eigenvalue weighted by Gasteiger charge is 2.63. The molecule has 26 heavy (non-hydrogen) atoms. The Morgan fingerprint density at radius 3 is 1.96 bits per heavy atom. The molecule has 0 heterocycles. The number of fused-ring (bicyclic) bond motifs is 1. The summed E-state index contributed by atoms with van der Waals surface area (Å²) in [6, 6.07) is 0. The molecule has 8 rings (SSSR count). The Kier molecular flexibility index (Phi) is 3.11. The van der Waals surface area contributed by atoms with Gasteiger partial charge < -0.3 is 10.4 Å². The van der Waals surface area contributed by atoms with Crippen LogP contribution in [0.3, 0.4) is 0 Å². The van der Waals surface area contributed by atoms with Crippen molar-refractivity contribution in [3.63, 3.8) is 0 Å². The molecule has 8 aliphatic carbocycles. The normalized spacial score (nSPS) is 54.8. The third-order valence-electron chi connectivity index (χ3n) is 9.04. The molecular weight excluding hydrogens is 326 g/mol. The van der Waals surface area contributed by atoms with E-state index in [2.05, 4.69) is 17.5 Å². The maximum absolute atomic E-state index is 13.2. The molecular formula is C22H29NO3. The molecule has 6 fully saturated rings. The number of hydrogen-bond donors (Lipinski definition) is 2. The fourth-order valence-corrected chi connectivity index (χ4v) is 8.47. The second kappa shape index (κ2) is 5.14. The molecule has 0 aromatic heterocycles. The number of amides is 1. The first-order valence-corrected chi connectivity index (χ1v) is 10.7. The number of carbonyl (C=O) groups is 2. The SMILES string of the molecule is O=C(NCC12CC3CC(CC(C3)C1)C2)[C@@H]1[C@H]2C=C[C@H]([C@H]3C[C@H]23)[C@@H]1C(=O)O. The van der Waals surface area contributed by atoms with Gasteiger partial charge in [0.15, 0.2) is 0 Å². The standard InChI is InChI=1S/C22H29NO3/c24-20(18-14-1-2-15(17-6-16(14)17)19(18)21(25)26)23-10-22-7-11-3-12(8-22)5-13(4-11)9-22/h1-2,11-19H,3-10H2,(H,23,24)(H,25,26)/t11?,12?,13?,14-,15+,16+,17+,18+,19-,22?/m0/s1. The summed E-state index contributed by atoms with van der Waals surface area (Å²) in [7, 11) is 0. The fraction of sp³-hybridized carbons (Fsp3) is 0.818. The average molecular weight is 355 g/mol. The van der Waals surface area contributed by atoms with Crippen LogP contribution >= 0.6 is 0 Å². The lowest BCUT2D eigenvalue weighted by molar-refractivity contribution is -0.153. The predicted molar refractivity (Wildman–Crippen MR) is 95.9 cm³/mol. The summed E-state index contributed by atoms with van der Waals surface area (Å²) >= 11 is 0. The molecule has 4 heteroatoms. The van der Waals surface area contributed by atoms with Crippen LogP contribution in [0.5, 0.6) is 0 Å². The van der Waals surface area contributed by atoms with E-state index in [1.165, 1.54) is 38.5 Å². The minimum atomic E-state index is -0.773. The molecule has 6 atom stereocenters. The lowest BCUT2D eigenvalue weighted by Gasteiger charge is -2.57. The summed E-state index contributed by atoms with van der Waals surface area (Å²) in [5.74, 6) is 2.37. The molecule has 4 nitrogen and oxygen atoms in total. The Bertz CT molecular complexity index is 662. The van der Waals surface area contributed by atoms with E-state index in [4.69, 9.17) is 0 Å². The minimum Gasteiger partial charge on any atom is -0.481 e. The first-order valence-electron chi connectivity index (χ1n) is 10.7. The Morgan fingerprint density at radius 2 is 1.42 bits per heavy atom. The minimum absolute atomic E-state index is 0.0258. The zero-order valence-electron chi connectivity index (χ0n) is 15.3. The first-order chi connectivity index (χ1) is 12.5. The molecule has 0 aromatic carbocycles. The van der Waals surface area contributed by atoms with Gasteiger partial charge in [-0.3, -0.25) is 9.59 Å². The van der Waals surface area contributed by atoms with Gasteiger partial charge in [0.05, 0.1) is 11.8 Å². The smallest absolute Gasteiger partial charge is 0.307 e. The van der Waals surface area contributed by atoms with Crippen LogP contribution in [-0.2, 0) is 9.59 Å². The lowest BCUT2D eigenvalue weighted by atomic mass is 9.49. The Labute approximate surface area is 154 Å². The quantitative estimate of drug-likeness (QED) is 0.762. The number of aliphatic carboxylic acids is 1. The van der Waals surface area contributed by atoms with Gasteiger partial charge >= 0.3 is 5.97 Å². The molecule has 0 spiro atoms. The number of allylic oxidation sites excluding steroid dienone is 2. The molecule has 0 aliphatic heterocycles. The Balaban J connectivity index is 1.19. The van der Waals surface area contributed by atoms with Crippen molar-refractivity contribution in [2.45, 2.75) is 44.9 Å². The first kappa shape index (κ1) is 15.7. The van der Waals surface area contributed by atoms with Crippen molar-refractivity contribution in [2.75, 3.05) is 6.54 Å². The van der Waals surface area contributed by atoms with Crippen molar-refractivity contribution in [2.24, 2.45) is 58.7 Å². The van der Waals surface area contributed by atoms with E-state index in [9.17, 15) is 14.7 Å². The summed E-state index contributed by atoms with van der Waals surface area (Å²) in [5, 5.41) is 13.1. The van der Waals surface area contributed by atoms with Crippen LogP contribution in [0.25, 0.3) is 0 Å². The monoisotopic (exact) mass is 355 g/mol. The van der Waals surface area contributed by atoms with Gasteiger partial charge in [0, 0.05) is 6.54 Å². The molecule has 6 bridgehead atoms. The molecule has 0 unspecified atom stereocenters. The summed E-state index contributed by atoms with van der Waals surface area (Å²) in [5.41, 5.74) is 0.314. The second-order valence-corrected chi connectivity index (χ2v) is 10.6. The van der Waals surface area contributed by atoms with E-state index in [0.717, 1.165) is 30.7 Å². The van der Waals surface area contributed by atoms with Gasteiger partial charge in [0.2, 0.25) is 5.91 Å². The van der Waals surface area contributed by atoms with Crippen molar-refractivity contribution in [1.82, 2.24) is 5.32 Å². The zero-order chi connectivity index (χ0) is 17.6. The average Bonchev–Trinajstić information content (AvgIpc) is 3.40. The molecule has 0 saturated heterocycles. The number of hydrogen-bond acceptors (Lipinski definition) is 2. The molecule has 2 N–H and O–H groups in total. The molecule has 140 valence electrons. The second-order valence-electron chi connectivity index (χ2n) is 10.6. The highest BCUT2D eigenvalue weighted by atomic mass is 16.4. The number of rotatable bonds is 4. The maximum Gasteiger partial charge on any atom is 0.307 e. The summed E-state index contributed by atoms with van der Waals surface area (Å²) in [4.78, 5) is 25.1. The van der Waals surface area contributed by atoms with E-state index in [1.807, 2.05) is 0 Å². The van der Waals surface area contributed by atoms with Gasteiger partial charge in [-0.1, -0.05) is 12.2 Å². The molecule has 6 saturated carbocycles. The van der Waals surface area contributed by atoms with Crippen molar-refractivity contribution in [3.05, 3.63) is 12.2 Å². The van der Waals surface area contributed by atoms with Crippen LogP contribution in [-0.4, -0.2) is 23.5 Å². The van der Waals surface area contributed by atoms with Crippen LogP contribution in [0.1, 0.15) is 44.9 Å². The number of carboxylic acid groups (broad SMARTS) is 1. The van der Waals surface area contributed by atoms with Gasteiger partial charge in [-0.05, 0) is 91.8 Å². The highest BCUT2D eigenvalue weighted by molar-refractivity contribution is 5.86. The number of carbonyl (C=O) groups excluding carboxylic acids is 1. The van der Waals surface area contributed by atoms with Crippen LogP contribution in [0.15, 0.2) is 12.2 Å². The van der Waals surface area contributed by atoms with Gasteiger partial charge in [-0.25, -0.2) is 0 Å². The van der Waals surface area contributed by atoms with E-state index in [-0.39, 0.29) is 23.7 Å². The fourth-order valence-electron chi connectivity index (χ4n) is 8.47. The lowest BCUT2D eigenvalue weighted by Crippen LogP contribution is -2.54. The third kappa shape index (κ3) is 2.13. The molecule has 1 amide bonds. The number of carboxylic acids is 1. The largest absolute Gasteiger partial charge is 0.481 e. The van der Waals surface area contributed by atoms with Gasteiger partial charge in [-0.15, -0.1) is 0 Å². The van der Waals surface area contributed by atoms with Crippen LogP contribution in [0.2, 0.25) is 0 Å². The van der Waals surface area contributed by atoms with Gasteiger partial charge in [-0.2, -0.15) is 0 Å². The summed E-state index contributed by atoms with van der Waals surface area (Å²) < 4.78 is 0. The summed E-state index contributed by atoms with van der Waals surface area (Å²) in [6.45, 7) is 0.785. The van der Waals surface area contributed by atoms with Crippen molar-refractivity contribution < 1.29 is 14.7 Å². The van der Waals surface area contributed by atoms with Crippen molar-refractivity contribution in [1.29, 1.82) is 0 Å². The maximum atomic E-state index is 13.2. The van der Waals surface area contributed by atoms with E-state index in [0.29, 0.717) is 17.3 Å². The molecule has 8 aliphatic rings. The third-order valence-corrected chi connectivity index (χ3v) is 9.04. The van der Waals surface area contributed by atoms with Gasteiger partial charge in [0.25, 0.3) is 0 Å². The Morgan fingerprint density at radius 1 is 0.885 bits per heavy atom. The number of nitrogens with one attached hydrogen (secondary N) is 1. The van der Waals surface area contributed by atoms with Crippen LogP contribution in [0, 0.1) is 58.7 Å². The van der Waals surface area contributed by atoms with Crippen LogP contribution < -0.4 is 5.32 Å². The van der Waals surface area contributed by atoms with Gasteiger partial charge in [0.1, 0.15) is 0 Å². The van der Waals surface area contributed by atoms with Crippen molar-refractivity contribution in [3.8, 4) is 0 Å². The summed E-state index contributed by atoms with van der Waals surface area (Å²) in [6.07, 6.45) is 13.4. The van der Waals surface area contributed by atoms with E-state index in [1.54, 1.807) is 0 Å². The molecule has 0 aromatic rings. The van der Waals surface area contributed by atoms with E-state index >= 15 is 0 Å². The van der Waals surface area contributed by atoms with Crippen LogP contribution in [0.4, 0.5) is 0 Å². The highest BCUT2D eigenvalue weighted by Crippen LogP contribution is 2.64.